The number of furan rings is 1. The first-order valence-corrected chi connectivity index (χ1v) is 6.62. The van der Waals surface area contributed by atoms with Crippen LogP contribution < -0.4 is 14.8 Å². The topological polar surface area (TPSA) is 63.9 Å². The zero-order valence-electron chi connectivity index (χ0n) is 11.7. The standard InChI is InChI=1S/C15H16N2O4/c1-17(15(18)16-8-12-3-2-6-19-12)9-11-4-5-13-14(7-11)21-10-20-13/h2-7H,8-10H2,1H3,(H,16,18). The van der Waals surface area contributed by atoms with Crippen molar-refractivity contribution in [3.8, 4) is 11.5 Å². The van der Waals surface area contributed by atoms with Crippen molar-refractivity contribution in [2.75, 3.05) is 13.8 Å². The third-order valence-electron chi connectivity index (χ3n) is 3.20. The van der Waals surface area contributed by atoms with E-state index >= 15 is 0 Å². The van der Waals surface area contributed by atoms with Crippen LogP contribution in [0, 0.1) is 0 Å². The summed E-state index contributed by atoms with van der Waals surface area (Å²) < 4.78 is 15.8. The van der Waals surface area contributed by atoms with Gasteiger partial charge in [0.25, 0.3) is 0 Å². The smallest absolute Gasteiger partial charge is 0.317 e. The maximum Gasteiger partial charge on any atom is 0.317 e. The normalized spacial score (nSPS) is 12.2. The molecule has 0 radical (unpaired) electrons. The number of ether oxygens (including phenoxy) is 2. The third-order valence-corrected chi connectivity index (χ3v) is 3.20. The molecule has 0 atom stereocenters. The van der Waals surface area contributed by atoms with Crippen LogP contribution in [0.3, 0.4) is 0 Å². The van der Waals surface area contributed by atoms with Gasteiger partial charge >= 0.3 is 6.03 Å². The largest absolute Gasteiger partial charge is 0.467 e. The molecule has 6 nitrogen and oxygen atoms in total. The highest BCUT2D eigenvalue weighted by Crippen LogP contribution is 2.32. The number of rotatable bonds is 4. The summed E-state index contributed by atoms with van der Waals surface area (Å²) in [6, 6.07) is 9.11. The van der Waals surface area contributed by atoms with Gasteiger partial charge in [-0.3, -0.25) is 0 Å². The molecule has 1 aliphatic rings. The van der Waals surface area contributed by atoms with Crippen LogP contribution in [-0.4, -0.2) is 24.8 Å². The van der Waals surface area contributed by atoms with Gasteiger partial charge in [0.2, 0.25) is 6.79 Å². The Bertz CT molecular complexity index is 625. The molecule has 1 aromatic heterocycles. The van der Waals surface area contributed by atoms with Gasteiger partial charge in [-0.25, -0.2) is 4.79 Å². The molecule has 2 aromatic rings. The number of carbonyl (C=O) groups excluding carboxylic acids is 1. The number of carbonyl (C=O) groups is 1. The molecule has 0 saturated carbocycles. The van der Waals surface area contributed by atoms with Crippen LogP contribution >= 0.6 is 0 Å². The number of nitrogens with zero attached hydrogens (tertiary/aromatic N) is 1. The predicted molar refractivity (Wildman–Crippen MR) is 75.0 cm³/mol. The van der Waals surface area contributed by atoms with Gasteiger partial charge in [-0.15, -0.1) is 0 Å². The summed E-state index contributed by atoms with van der Waals surface area (Å²) in [5, 5.41) is 2.79. The van der Waals surface area contributed by atoms with Gasteiger partial charge in [0.15, 0.2) is 11.5 Å². The Morgan fingerprint density at radius 3 is 2.95 bits per heavy atom. The molecule has 1 N–H and O–H groups in total. The fourth-order valence-electron chi connectivity index (χ4n) is 2.10. The summed E-state index contributed by atoms with van der Waals surface area (Å²) in [5.74, 6) is 2.18. The molecule has 1 aromatic carbocycles. The van der Waals surface area contributed by atoms with E-state index in [0.29, 0.717) is 13.1 Å². The second kappa shape index (κ2) is 5.78. The van der Waals surface area contributed by atoms with E-state index in [1.165, 1.54) is 0 Å². The van der Waals surface area contributed by atoms with E-state index in [4.69, 9.17) is 13.9 Å². The molecule has 0 unspecified atom stereocenters. The van der Waals surface area contributed by atoms with Crippen molar-refractivity contribution in [3.63, 3.8) is 0 Å². The molecule has 6 heteroatoms. The first kappa shape index (κ1) is 13.4. The minimum Gasteiger partial charge on any atom is -0.467 e. The molecule has 0 saturated heterocycles. The number of nitrogens with one attached hydrogen (secondary N) is 1. The number of urea groups is 1. The number of fused-ring (bicyclic) bond motifs is 1. The lowest BCUT2D eigenvalue weighted by Gasteiger charge is -2.17. The summed E-state index contributed by atoms with van der Waals surface area (Å²) in [4.78, 5) is 13.6. The van der Waals surface area contributed by atoms with E-state index in [-0.39, 0.29) is 12.8 Å². The van der Waals surface area contributed by atoms with Crippen LogP contribution in [0.4, 0.5) is 4.79 Å². The summed E-state index contributed by atoms with van der Waals surface area (Å²) in [5.41, 5.74) is 0.981. The van der Waals surface area contributed by atoms with E-state index in [1.54, 1.807) is 24.3 Å². The molecule has 2 heterocycles. The van der Waals surface area contributed by atoms with Crippen LogP contribution in [-0.2, 0) is 13.1 Å². The van der Waals surface area contributed by atoms with Gasteiger partial charge in [0, 0.05) is 13.6 Å². The fourth-order valence-corrected chi connectivity index (χ4v) is 2.10. The number of hydrogen-bond acceptors (Lipinski definition) is 4. The Hall–Kier alpha value is -2.63. The molecule has 110 valence electrons. The zero-order valence-corrected chi connectivity index (χ0v) is 11.7. The van der Waals surface area contributed by atoms with Crippen molar-refractivity contribution in [2.24, 2.45) is 0 Å². The first-order valence-electron chi connectivity index (χ1n) is 6.62. The van der Waals surface area contributed by atoms with Crippen LogP contribution in [0.5, 0.6) is 11.5 Å². The maximum absolute atomic E-state index is 12.0. The number of hydrogen-bond donors (Lipinski definition) is 1. The monoisotopic (exact) mass is 288 g/mol. The molecule has 0 bridgehead atoms. The van der Waals surface area contributed by atoms with Crippen LogP contribution in [0.2, 0.25) is 0 Å². The van der Waals surface area contributed by atoms with Crippen molar-refractivity contribution in [1.29, 1.82) is 0 Å². The third kappa shape index (κ3) is 3.10. The van der Waals surface area contributed by atoms with Crippen LogP contribution in [0.1, 0.15) is 11.3 Å². The Balaban J connectivity index is 1.55. The number of amides is 2. The molecule has 0 aliphatic carbocycles. The Morgan fingerprint density at radius 2 is 2.14 bits per heavy atom. The SMILES string of the molecule is CN(Cc1ccc2c(c1)OCO2)C(=O)NCc1ccco1. The summed E-state index contributed by atoms with van der Waals surface area (Å²) in [7, 11) is 1.74. The lowest BCUT2D eigenvalue weighted by atomic mass is 10.2. The zero-order chi connectivity index (χ0) is 14.7. The molecular formula is C15H16N2O4. The van der Waals surface area contributed by atoms with Gasteiger partial charge in [-0.1, -0.05) is 6.07 Å². The number of benzene rings is 1. The summed E-state index contributed by atoms with van der Waals surface area (Å²) in [6.45, 7) is 1.11. The summed E-state index contributed by atoms with van der Waals surface area (Å²) in [6.07, 6.45) is 1.58. The fraction of sp³-hybridized carbons (Fsp3) is 0.267. The molecule has 3 rings (SSSR count). The molecule has 1 aliphatic heterocycles. The quantitative estimate of drug-likeness (QED) is 0.938. The highest BCUT2D eigenvalue weighted by Gasteiger charge is 2.15. The summed E-state index contributed by atoms with van der Waals surface area (Å²) >= 11 is 0. The highest BCUT2D eigenvalue weighted by molar-refractivity contribution is 5.73. The van der Waals surface area contributed by atoms with Gasteiger partial charge < -0.3 is 24.1 Å². The van der Waals surface area contributed by atoms with Gasteiger partial charge in [-0.2, -0.15) is 0 Å². The van der Waals surface area contributed by atoms with E-state index in [2.05, 4.69) is 5.32 Å². The minimum absolute atomic E-state index is 0.163. The van der Waals surface area contributed by atoms with Crippen molar-refractivity contribution in [2.45, 2.75) is 13.1 Å². The van der Waals surface area contributed by atoms with E-state index in [9.17, 15) is 4.79 Å². The molecular weight excluding hydrogens is 272 g/mol. The Morgan fingerprint density at radius 1 is 1.29 bits per heavy atom. The molecule has 21 heavy (non-hydrogen) atoms. The van der Waals surface area contributed by atoms with Crippen molar-refractivity contribution in [1.82, 2.24) is 10.2 Å². The van der Waals surface area contributed by atoms with E-state index in [1.807, 2.05) is 24.3 Å². The van der Waals surface area contributed by atoms with Crippen molar-refractivity contribution in [3.05, 3.63) is 47.9 Å². The van der Waals surface area contributed by atoms with Crippen molar-refractivity contribution < 1.29 is 18.7 Å². The molecule has 0 fully saturated rings. The lowest BCUT2D eigenvalue weighted by Crippen LogP contribution is -2.36. The van der Waals surface area contributed by atoms with E-state index < -0.39 is 0 Å². The minimum atomic E-state index is -0.163. The highest BCUT2D eigenvalue weighted by atomic mass is 16.7. The van der Waals surface area contributed by atoms with Gasteiger partial charge in [0.05, 0.1) is 12.8 Å². The predicted octanol–water partition coefficient (Wildman–Crippen LogP) is 2.35. The van der Waals surface area contributed by atoms with Gasteiger partial charge in [-0.05, 0) is 29.8 Å². The van der Waals surface area contributed by atoms with E-state index in [0.717, 1.165) is 22.8 Å². The molecule has 2 amide bonds. The van der Waals surface area contributed by atoms with Crippen LogP contribution in [0.25, 0.3) is 0 Å². The van der Waals surface area contributed by atoms with Gasteiger partial charge in [0.1, 0.15) is 5.76 Å². The first-order chi connectivity index (χ1) is 10.2. The second-order valence-corrected chi connectivity index (χ2v) is 4.78. The second-order valence-electron chi connectivity index (χ2n) is 4.78. The maximum atomic E-state index is 12.0. The average molecular weight is 288 g/mol. The molecule has 0 spiro atoms. The average Bonchev–Trinajstić information content (AvgIpc) is 3.15. The van der Waals surface area contributed by atoms with Crippen LogP contribution in [0.15, 0.2) is 41.0 Å². The Labute approximate surface area is 122 Å². The van der Waals surface area contributed by atoms with Crippen molar-refractivity contribution >= 4 is 6.03 Å². The lowest BCUT2D eigenvalue weighted by molar-refractivity contribution is 0.174. The Kier molecular flexibility index (Phi) is 3.68.